The minimum absolute atomic E-state index is 0.126. The Balaban J connectivity index is 2.47. The Morgan fingerprint density at radius 1 is 1.33 bits per heavy atom. The Labute approximate surface area is 122 Å². The lowest BCUT2D eigenvalue weighted by atomic mass is 10.0. The number of amides is 1. The largest absolute Gasteiger partial charge is 0.508 e. The molecule has 0 fully saturated rings. The highest BCUT2D eigenvalue weighted by Gasteiger charge is 2.26. The van der Waals surface area contributed by atoms with E-state index in [-0.39, 0.29) is 18.7 Å². The molecule has 2 unspecified atom stereocenters. The molecule has 0 spiro atoms. The van der Waals surface area contributed by atoms with E-state index in [9.17, 15) is 14.7 Å². The van der Waals surface area contributed by atoms with Crippen LogP contribution in [0.15, 0.2) is 24.3 Å². The molecular formula is C14H20N2O5. The Morgan fingerprint density at radius 3 is 2.43 bits per heavy atom. The molecule has 6 N–H and O–H groups in total. The highest BCUT2D eigenvalue weighted by atomic mass is 16.4. The van der Waals surface area contributed by atoms with Crippen molar-refractivity contribution in [1.82, 2.24) is 5.32 Å². The fourth-order valence-corrected chi connectivity index (χ4v) is 1.78. The first kappa shape index (κ1) is 16.9. The topological polar surface area (TPSA) is 133 Å². The third-order valence-corrected chi connectivity index (χ3v) is 2.90. The first-order valence-electron chi connectivity index (χ1n) is 6.45. The van der Waals surface area contributed by atoms with Crippen LogP contribution in [-0.2, 0) is 16.0 Å². The number of nitrogens with two attached hydrogens (primary N) is 1. The Bertz CT molecular complexity index is 499. The maximum Gasteiger partial charge on any atom is 0.306 e. The van der Waals surface area contributed by atoms with Crippen LogP contribution >= 0.6 is 0 Å². The third-order valence-electron chi connectivity index (χ3n) is 2.90. The predicted octanol–water partition coefficient (Wildman–Crippen LogP) is -0.396. The number of phenolic OH excluding ortho intramolecular Hbond substituents is 1. The van der Waals surface area contributed by atoms with E-state index in [1.807, 2.05) is 0 Å². The molecular weight excluding hydrogens is 276 g/mol. The zero-order valence-corrected chi connectivity index (χ0v) is 11.7. The van der Waals surface area contributed by atoms with Crippen LogP contribution in [-0.4, -0.2) is 45.4 Å². The lowest BCUT2D eigenvalue weighted by Gasteiger charge is -2.22. The number of aliphatic carboxylic acids is 1. The number of phenols is 1. The first-order chi connectivity index (χ1) is 9.69. The van der Waals surface area contributed by atoms with Gasteiger partial charge >= 0.3 is 5.97 Å². The number of benzene rings is 1. The summed E-state index contributed by atoms with van der Waals surface area (Å²) >= 11 is 0. The van der Waals surface area contributed by atoms with E-state index in [0.29, 0.717) is 0 Å². The number of rotatable bonds is 7. The van der Waals surface area contributed by atoms with Gasteiger partial charge in [0.15, 0.2) is 0 Å². The summed E-state index contributed by atoms with van der Waals surface area (Å²) in [7, 11) is 0. The molecule has 7 nitrogen and oxygen atoms in total. The number of carboxylic acid groups (broad SMARTS) is 1. The van der Waals surface area contributed by atoms with Crippen molar-refractivity contribution in [2.45, 2.75) is 31.4 Å². The molecule has 116 valence electrons. The molecule has 7 heteroatoms. The van der Waals surface area contributed by atoms with Gasteiger partial charge in [0.05, 0.1) is 18.1 Å². The summed E-state index contributed by atoms with van der Waals surface area (Å²) < 4.78 is 0. The summed E-state index contributed by atoms with van der Waals surface area (Å²) in [6.07, 6.45) is -0.201. The van der Waals surface area contributed by atoms with Crippen molar-refractivity contribution in [3.63, 3.8) is 0 Å². The van der Waals surface area contributed by atoms with E-state index < -0.39 is 29.9 Å². The predicted molar refractivity (Wildman–Crippen MR) is 75.7 cm³/mol. The second-order valence-electron chi connectivity index (χ2n) is 5.26. The second kappa shape index (κ2) is 7.05. The molecule has 0 saturated heterocycles. The third kappa shape index (κ3) is 6.24. The number of hydrogen-bond donors (Lipinski definition) is 5. The lowest BCUT2D eigenvalue weighted by Crippen LogP contribution is -2.48. The molecule has 0 heterocycles. The number of carbonyl (C=O) groups is 2. The van der Waals surface area contributed by atoms with Crippen LogP contribution < -0.4 is 11.1 Å². The molecule has 0 aliphatic rings. The average molecular weight is 296 g/mol. The summed E-state index contributed by atoms with van der Waals surface area (Å²) in [5.41, 5.74) is 5.00. The highest BCUT2D eigenvalue weighted by Crippen LogP contribution is 2.11. The number of carbonyl (C=O) groups excluding carboxylic acids is 1. The Morgan fingerprint density at radius 2 is 1.90 bits per heavy atom. The zero-order chi connectivity index (χ0) is 16.0. The molecule has 0 saturated carbocycles. The van der Waals surface area contributed by atoms with Crippen molar-refractivity contribution >= 4 is 11.9 Å². The standard InChI is InChI=1S/C14H20N2O5/c1-14(21,7-12(18)19)8-16-13(20)11(15)6-9-2-4-10(17)5-3-9/h2-5,11,17,21H,6-8,15H2,1H3,(H,16,20)(H,18,19). The molecule has 0 aromatic heterocycles. The average Bonchev–Trinajstić information content (AvgIpc) is 2.37. The van der Waals surface area contributed by atoms with Crippen LogP contribution in [0.4, 0.5) is 0 Å². The van der Waals surface area contributed by atoms with E-state index in [0.717, 1.165) is 5.56 Å². The quantitative estimate of drug-likeness (QED) is 0.465. The SMILES string of the molecule is CC(O)(CNC(=O)C(N)Cc1ccc(O)cc1)CC(=O)O. The summed E-state index contributed by atoms with van der Waals surface area (Å²) in [4.78, 5) is 22.3. The van der Waals surface area contributed by atoms with Crippen LogP contribution in [0.25, 0.3) is 0 Å². The van der Waals surface area contributed by atoms with E-state index >= 15 is 0 Å². The lowest BCUT2D eigenvalue weighted by molar-refractivity contribution is -0.142. The first-order valence-corrected chi connectivity index (χ1v) is 6.45. The number of nitrogens with one attached hydrogen (secondary N) is 1. The molecule has 0 aliphatic heterocycles. The molecule has 1 aromatic rings. The summed E-state index contributed by atoms with van der Waals surface area (Å²) in [5.74, 6) is -1.50. The van der Waals surface area contributed by atoms with Crippen molar-refractivity contribution in [3.05, 3.63) is 29.8 Å². The molecule has 21 heavy (non-hydrogen) atoms. The maximum absolute atomic E-state index is 11.8. The van der Waals surface area contributed by atoms with Gasteiger partial charge in [0, 0.05) is 6.54 Å². The van der Waals surface area contributed by atoms with Gasteiger partial charge < -0.3 is 26.4 Å². The van der Waals surface area contributed by atoms with Gasteiger partial charge in [-0.3, -0.25) is 9.59 Å². The monoisotopic (exact) mass is 296 g/mol. The second-order valence-corrected chi connectivity index (χ2v) is 5.26. The molecule has 0 radical (unpaired) electrons. The summed E-state index contributed by atoms with van der Waals surface area (Å²) in [5, 5.41) is 30.0. The van der Waals surface area contributed by atoms with Crippen LogP contribution in [0.5, 0.6) is 5.75 Å². The normalized spacial score (nSPS) is 15.0. The van der Waals surface area contributed by atoms with Gasteiger partial charge in [-0.1, -0.05) is 12.1 Å². The van der Waals surface area contributed by atoms with Gasteiger partial charge in [0.2, 0.25) is 5.91 Å². The minimum Gasteiger partial charge on any atom is -0.508 e. The molecule has 0 aliphatic carbocycles. The van der Waals surface area contributed by atoms with Gasteiger partial charge in [-0.05, 0) is 31.0 Å². The zero-order valence-electron chi connectivity index (χ0n) is 11.7. The van der Waals surface area contributed by atoms with Gasteiger partial charge in [0.25, 0.3) is 0 Å². The van der Waals surface area contributed by atoms with Crippen molar-refractivity contribution in [2.75, 3.05) is 6.54 Å². The van der Waals surface area contributed by atoms with Crippen molar-refractivity contribution in [1.29, 1.82) is 0 Å². The molecule has 1 rings (SSSR count). The molecule has 1 amide bonds. The van der Waals surface area contributed by atoms with Gasteiger partial charge in [0.1, 0.15) is 5.75 Å². The van der Waals surface area contributed by atoms with E-state index in [1.54, 1.807) is 12.1 Å². The summed E-state index contributed by atoms with van der Waals surface area (Å²) in [6, 6.07) is 5.48. The fraction of sp³-hybridized carbons (Fsp3) is 0.429. The molecule has 2 atom stereocenters. The number of aromatic hydroxyl groups is 1. The molecule has 1 aromatic carbocycles. The Kier molecular flexibility index (Phi) is 5.69. The van der Waals surface area contributed by atoms with Crippen LogP contribution in [0.3, 0.4) is 0 Å². The van der Waals surface area contributed by atoms with Gasteiger partial charge in [-0.15, -0.1) is 0 Å². The van der Waals surface area contributed by atoms with Crippen LogP contribution in [0.2, 0.25) is 0 Å². The van der Waals surface area contributed by atoms with Crippen molar-refractivity contribution < 1.29 is 24.9 Å². The number of carboxylic acids is 1. The summed E-state index contributed by atoms with van der Waals surface area (Å²) in [6.45, 7) is 1.13. The highest BCUT2D eigenvalue weighted by molar-refractivity contribution is 5.82. The van der Waals surface area contributed by atoms with E-state index in [4.69, 9.17) is 15.9 Å². The van der Waals surface area contributed by atoms with Crippen LogP contribution in [0, 0.1) is 0 Å². The van der Waals surface area contributed by atoms with Gasteiger partial charge in [-0.25, -0.2) is 0 Å². The van der Waals surface area contributed by atoms with Gasteiger partial charge in [-0.2, -0.15) is 0 Å². The number of aliphatic hydroxyl groups is 1. The van der Waals surface area contributed by atoms with Crippen molar-refractivity contribution in [2.24, 2.45) is 5.73 Å². The Hall–Kier alpha value is -2.12. The smallest absolute Gasteiger partial charge is 0.306 e. The fourth-order valence-electron chi connectivity index (χ4n) is 1.78. The van der Waals surface area contributed by atoms with Crippen LogP contribution in [0.1, 0.15) is 18.9 Å². The minimum atomic E-state index is -1.53. The van der Waals surface area contributed by atoms with E-state index in [1.165, 1.54) is 19.1 Å². The van der Waals surface area contributed by atoms with E-state index in [2.05, 4.69) is 5.32 Å². The van der Waals surface area contributed by atoms with Crippen molar-refractivity contribution in [3.8, 4) is 5.75 Å². The molecule has 0 bridgehead atoms. The number of hydrogen-bond acceptors (Lipinski definition) is 5. The maximum atomic E-state index is 11.8.